The molecule has 3 aliphatic rings. The SMILES string of the molecule is CC1=CC(C)C(CN2CCN(CC3C(C)C=C(C)CC3C)C2C(C)C)C(C)C1. The lowest BCUT2D eigenvalue weighted by molar-refractivity contribution is 0.0439. The van der Waals surface area contributed by atoms with Crippen molar-refractivity contribution < 1.29 is 0 Å². The van der Waals surface area contributed by atoms with Crippen molar-refractivity contribution in [3.63, 3.8) is 0 Å². The largest absolute Gasteiger partial charge is 0.286 e. The average Bonchev–Trinajstić information content (AvgIpc) is 2.96. The maximum Gasteiger partial charge on any atom is 0.0647 e. The maximum atomic E-state index is 2.84. The molecular weight excluding hydrogens is 340 g/mol. The third kappa shape index (κ3) is 4.75. The summed E-state index contributed by atoms with van der Waals surface area (Å²) in [5.74, 6) is 5.38. The molecule has 6 atom stereocenters. The second-order valence-electron chi connectivity index (χ2n) is 11.1. The predicted octanol–water partition coefficient (Wildman–Crippen LogP) is 6.06. The Hall–Kier alpha value is -0.600. The molecule has 0 spiro atoms. The van der Waals surface area contributed by atoms with Gasteiger partial charge in [0.15, 0.2) is 0 Å². The van der Waals surface area contributed by atoms with Crippen LogP contribution >= 0.6 is 0 Å². The second kappa shape index (κ2) is 9.04. The van der Waals surface area contributed by atoms with E-state index in [4.69, 9.17) is 0 Å². The molecule has 1 saturated heterocycles. The van der Waals surface area contributed by atoms with Crippen molar-refractivity contribution in [2.75, 3.05) is 26.2 Å². The first kappa shape index (κ1) is 22.1. The Morgan fingerprint density at radius 1 is 0.786 bits per heavy atom. The molecule has 1 heterocycles. The van der Waals surface area contributed by atoms with E-state index in [0.29, 0.717) is 12.1 Å². The van der Waals surface area contributed by atoms with E-state index >= 15 is 0 Å². The van der Waals surface area contributed by atoms with Crippen LogP contribution in [-0.2, 0) is 0 Å². The van der Waals surface area contributed by atoms with Crippen LogP contribution < -0.4 is 0 Å². The number of nitrogens with zero attached hydrogens (tertiary/aromatic N) is 2. The van der Waals surface area contributed by atoms with Crippen molar-refractivity contribution in [3.05, 3.63) is 23.3 Å². The van der Waals surface area contributed by atoms with Gasteiger partial charge in [0.25, 0.3) is 0 Å². The van der Waals surface area contributed by atoms with Crippen LogP contribution in [0.3, 0.4) is 0 Å². The molecular formula is C26H46N2. The molecule has 2 heteroatoms. The van der Waals surface area contributed by atoms with E-state index < -0.39 is 0 Å². The molecule has 3 rings (SSSR count). The van der Waals surface area contributed by atoms with E-state index in [9.17, 15) is 0 Å². The molecule has 0 N–H and O–H groups in total. The fraction of sp³-hybridized carbons (Fsp3) is 0.846. The van der Waals surface area contributed by atoms with Gasteiger partial charge in [-0.25, -0.2) is 0 Å². The molecule has 2 nitrogen and oxygen atoms in total. The lowest BCUT2D eigenvalue weighted by atomic mass is 9.74. The summed E-state index contributed by atoms with van der Waals surface area (Å²) in [5.41, 5.74) is 3.20. The van der Waals surface area contributed by atoms with Gasteiger partial charge >= 0.3 is 0 Å². The lowest BCUT2D eigenvalue weighted by Gasteiger charge is -2.42. The minimum atomic E-state index is 0.623. The third-order valence-corrected chi connectivity index (χ3v) is 8.10. The topological polar surface area (TPSA) is 6.48 Å². The molecule has 0 aromatic carbocycles. The van der Waals surface area contributed by atoms with Crippen LogP contribution in [0.5, 0.6) is 0 Å². The van der Waals surface area contributed by atoms with Gasteiger partial charge < -0.3 is 0 Å². The average molecular weight is 387 g/mol. The highest BCUT2D eigenvalue weighted by molar-refractivity contribution is 5.10. The molecule has 1 aliphatic heterocycles. The molecule has 6 unspecified atom stereocenters. The standard InChI is InChI=1S/C26H46N2/c1-17(2)26-27(15-24-20(5)11-18(3)12-21(24)6)9-10-28(26)16-25-22(7)13-19(4)14-23(25)8/h11,13,17,20-26H,9-10,12,14-16H2,1-8H3. The van der Waals surface area contributed by atoms with Gasteiger partial charge in [-0.2, -0.15) is 0 Å². The van der Waals surface area contributed by atoms with E-state index in [1.54, 1.807) is 11.1 Å². The molecule has 0 aromatic rings. The quantitative estimate of drug-likeness (QED) is 0.530. The smallest absolute Gasteiger partial charge is 0.0647 e. The van der Waals surface area contributed by atoms with Gasteiger partial charge in [-0.3, -0.25) is 9.80 Å². The molecule has 2 aliphatic carbocycles. The lowest BCUT2D eigenvalue weighted by Crippen LogP contribution is -2.48. The van der Waals surface area contributed by atoms with Crippen molar-refractivity contribution in [3.8, 4) is 0 Å². The highest BCUT2D eigenvalue weighted by atomic mass is 15.4. The minimum absolute atomic E-state index is 0.623. The zero-order valence-electron chi connectivity index (χ0n) is 19.9. The van der Waals surface area contributed by atoms with Crippen molar-refractivity contribution in [2.45, 2.75) is 74.4 Å². The summed E-state index contributed by atoms with van der Waals surface area (Å²) in [6.45, 7) is 24.4. The molecule has 0 amide bonds. The van der Waals surface area contributed by atoms with Crippen LogP contribution in [0.4, 0.5) is 0 Å². The van der Waals surface area contributed by atoms with E-state index in [2.05, 4.69) is 77.3 Å². The Morgan fingerprint density at radius 2 is 1.18 bits per heavy atom. The number of hydrogen-bond acceptors (Lipinski definition) is 2. The molecule has 0 aromatic heterocycles. The zero-order valence-corrected chi connectivity index (χ0v) is 19.9. The Kier molecular flexibility index (Phi) is 7.14. The Morgan fingerprint density at radius 3 is 1.50 bits per heavy atom. The zero-order chi connectivity index (χ0) is 20.6. The second-order valence-corrected chi connectivity index (χ2v) is 11.1. The van der Waals surface area contributed by atoms with Crippen LogP contribution in [0.15, 0.2) is 23.3 Å². The first-order valence-electron chi connectivity index (χ1n) is 12.0. The molecule has 0 radical (unpaired) electrons. The van der Waals surface area contributed by atoms with Gasteiger partial charge in [-0.05, 0) is 68.1 Å². The van der Waals surface area contributed by atoms with E-state index in [-0.39, 0.29) is 0 Å². The van der Waals surface area contributed by atoms with Crippen LogP contribution in [0.2, 0.25) is 0 Å². The van der Waals surface area contributed by atoms with Gasteiger partial charge in [-0.1, -0.05) is 64.8 Å². The maximum absolute atomic E-state index is 2.84. The van der Waals surface area contributed by atoms with Crippen LogP contribution in [0, 0.1) is 41.4 Å². The Bertz CT molecular complexity index is 541. The van der Waals surface area contributed by atoms with E-state index in [1.807, 2.05) is 0 Å². The Labute approximate surface area is 175 Å². The summed E-state index contributed by atoms with van der Waals surface area (Å²) < 4.78 is 0. The van der Waals surface area contributed by atoms with Crippen LogP contribution in [0.25, 0.3) is 0 Å². The fourth-order valence-corrected chi connectivity index (χ4v) is 6.86. The summed E-state index contributed by atoms with van der Waals surface area (Å²) in [6, 6.07) is 0. The van der Waals surface area contributed by atoms with Crippen molar-refractivity contribution in [2.24, 2.45) is 41.4 Å². The summed E-state index contributed by atoms with van der Waals surface area (Å²) in [6.07, 6.45) is 8.30. The van der Waals surface area contributed by atoms with Gasteiger partial charge in [-0.15, -0.1) is 0 Å². The van der Waals surface area contributed by atoms with Gasteiger partial charge in [0.05, 0.1) is 6.17 Å². The number of hydrogen-bond donors (Lipinski definition) is 0. The fourth-order valence-electron chi connectivity index (χ4n) is 6.86. The highest BCUT2D eigenvalue weighted by Gasteiger charge is 2.40. The minimum Gasteiger partial charge on any atom is -0.286 e. The normalized spacial score (nSPS) is 40.7. The molecule has 0 bridgehead atoms. The molecule has 1 fully saturated rings. The van der Waals surface area contributed by atoms with Gasteiger partial charge in [0.1, 0.15) is 0 Å². The third-order valence-electron chi connectivity index (χ3n) is 8.10. The summed E-state index contributed by atoms with van der Waals surface area (Å²) in [5, 5.41) is 0. The number of allylic oxidation sites excluding steroid dienone is 4. The van der Waals surface area contributed by atoms with Gasteiger partial charge in [0, 0.05) is 26.2 Å². The monoisotopic (exact) mass is 386 g/mol. The first-order valence-corrected chi connectivity index (χ1v) is 12.0. The first-order chi connectivity index (χ1) is 13.2. The highest BCUT2D eigenvalue weighted by Crippen LogP contribution is 2.38. The molecule has 28 heavy (non-hydrogen) atoms. The molecule has 160 valence electrons. The van der Waals surface area contributed by atoms with Crippen molar-refractivity contribution in [1.29, 1.82) is 0 Å². The van der Waals surface area contributed by atoms with Crippen molar-refractivity contribution in [1.82, 2.24) is 9.80 Å². The van der Waals surface area contributed by atoms with E-state index in [0.717, 1.165) is 35.5 Å². The van der Waals surface area contributed by atoms with Crippen LogP contribution in [0.1, 0.15) is 68.2 Å². The van der Waals surface area contributed by atoms with E-state index in [1.165, 1.54) is 39.0 Å². The summed E-state index contributed by atoms with van der Waals surface area (Å²) in [4.78, 5) is 5.69. The molecule has 0 saturated carbocycles. The number of rotatable bonds is 5. The Balaban J connectivity index is 1.69. The summed E-state index contributed by atoms with van der Waals surface area (Å²) >= 11 is 0. The van der Waals surface area contributed by atoms with Gasteiger partial charge in [0.2, 0.25) is 0 Å². The predicted molar refractivity (Wildman–Crippen MR) is 122 cm³/mol. The summed E-state index contributed by atoms with van der Waals surface area (Å²) in [7, 11) is 0. The van der Waals surface area contributed by atoms with Crippen molar-refractivity contribution >= 4 is 0 Å². The van der Waals surface area contributed by atoms with Crippen LogP contribution in [-0.4, -0.2) is 42.1 Å².